The van der Waals surface area contributed by atoms with Crippen molar-refractivity contribution in [2.24, 2.45) is 0 Å². The fourth-order valence-corrected chi connectivity index (χ4v) is 7.76. The summed E-state index contributed by atoms with van der Waals surface area (Å²) in [6.07, 6.45) is 26.3. The van der Waals surface area contributed by atoms with E-state index in [1.54, 1.807) is 0 Å². The van der Waals surface area contributed by atoms with Crippen LogP contribution in [0.4, 0.5) is 5.69 Å². The lowest BCUT2D eigenvalue weighted by Gasteiger charge is -2.32. The highest BCUT2D eigenvalue weighted by Crippen LogP contribution is 2.39. The summed E-state index contributed by atoms with van der Waals surface area (Å²) in [5.74, 6) is 0.443. The Kier molecular flexibility index (Phi) is 7.63. The number of benzene rings is 5. The number of fused-ring (bicyclic) bond motifs is 4. The molecule has 1 aromatic heterocycles. The molecule has 0 fully saturated rings. The van der Waals surface area contributed by atoms with E-state index < -0.39 is 0 Å². The summed E-state index contributed by atoms with van der Waals surface area (Å²) in [6.45, 7) is 4.50. The Hall–Kier alpha value is -6.12. The minimum atomic E-state index is 0.218. The predicted octanol–water partition coefficient (Wildman–Crippen LogP) is 12.4. The van der Waals surface area contributed by atoms with Crippen LogP contribution in [0.3, 0.4) is 0 Å². The maximum Gasteiger partial charge on any atom is 0.0554 e. The molecule has 0 saturated heterocycles. The molecule has 2 heteroatoms. The van der Waals surface area contributed by atoms with Crippen molar-refractivity contribution in [3.05, 3.63) is 205 Å². The van der Waals surface area contributed by atoms with E-state index in [-0.39, 0.29) is 6.04 Å². The number of aromatic nitrogens is 1. The molecule has 2 atom stereocenters. The van der Waals surface area contributed by atoms with Crippen molar-refractivity contribution in [2.45, 2.75) is 24.8 Å². The molecule has 9 rings (SSSR count). The van der Waals surface area contributed by atoms with E-state index in [4.69, 9.17) is 0 Å². The molecule has 1 aliphatic heterocycles. The van der Waals surface area contributed by atoms with Gasteiger partial charge in [0.15, 0.2) is 0 Å². The molecule has 3 aliphatic rings. The molecule has 0 N–H and O–H groups in total. The Morgan fingerprint density at radius 2 is 1.40 bits per heavy atom. The van der Waals surface area contributed by atoms with Gasteiger partial charge >= 0.3 is 0 Å². The number of rotatable bonds is 5. The first-order valence-electron chi connectivity index (χ1n) is 17.6. The molecule has 2 unspecified atom stereocenters. The molecule has 2 nitrogen and oxygen atoms in total. The van der Waals surface area contributed by atoms with Crippen molar-refractivity contribution >= 4 is 38.6 Å². The van der Waals surface area contributed by atoms with Gasteiger partial charge in [-0.1, -0.05) is 134 Å². The molecule has 0 radical (unpaired) electrons. The zero-order chi connectivity index (χ0) is 33.4. The van der Waals surface area contributed by atoms with Gasteiger partial charge in [-0.2, -0.15) is 0 Å². The number of nitrogens with zero attached hydrogens (tertiary/aromatic N) is 2. The van der Waals surface area contributed by atoms with Gasteiger partial charge in [0, 0.05) is 39.8 Å². The third-order valence-corrected chi connectivity index (χ3v) is 10.4. The molecule has 0 amide bonds. The molecule has 2 heterocycles. The zero-order valence-electron chi connectivity index (χ0n) is 28.0. The lowest BCUT2D eigenvalue weighted by Crippen LogP contribution is -2.30. The number of hydrogen-bond donors (Lipinski definition) is 0. The molecule has 2 aliphatic carbocycles. The van der Waals surface area contributed by atoms with E-state index in [1.807, 2.05) is 0 Å². The summed E-state index contributed by atoms with van der Waals surface area (Å²) < 4.78 is 2.40. The monoisotopic (exact) mass is 642 g/mol. The number of allylic oxidation sites excluding steroid dienone is 10. The van der Waals surface area contributed by atoms with Gasteiger partial charge in [-0.15, -0.1) is 0 Å². The van der Waals surface area contributed by atoms with Crippen molar-refractivity contribution in [1.82, 2.24) is 4.57 Å². The number of anilines is 1. The average Bonchev–Trinajstić information content (AvgIpc) is 3.51. The smallest absolute Gasteiger partial charge is 0.0554 e. The van der Waals surface area contributed by atoms with Crippen molar-refractivity contribution in [1.29, 1.82) is 0 Å². The van der Waals surface area contributed by atoms with Crippen LogP contribution in [0.15, 0.2) is 189 Å². The molecular formula is C48H38N2. The first-order valence-corrected chi connectivity index (χ1v) is 17.6. The summed E-state index contributed by atoms with van der Waals surface area (Å²) >= 11 is 0. The minimum absolute atomic E-state index is 0.218. The summed E-state index contributed by atoms with van der Waals surface area (Å²) in [5.41, 5.74) is 13.2. The van der Waals surface area contributed by atoms with Crippen molar-refractivity contribution in [3.63, 3.8) is 0 Å². The Balaban J connectivity index is 1.07. The number of para-hydroxylation sites is 1. The topological polar surface area (TPSA) is 8.17 Å². The second-order valence-corrected chi connectivity index (χ2v) is 13.4. The molecule has 240 valence electrons. The van der Waals surface area contributed by atoms with E-state index >= 15 is 0 Å². The quantitative estimate of drug-likeness (QED) is 0.182. The minimum Gasteiger partial charge on any atom is -0.340 e. The van der Waals surface area contributed by atoms with Crippen LogP contribution in [0, 0.1) is 0 Å². The summed E-state index contributed by atoms with van der Waals surface area (Å²) in [5, 5.41) is 2.52. The third kappa shape index (κ3) is 5.40. The van der Waals surface area contributed by atoms with Crippen molar-refractivity contribution in [3.8, 4) is 16.8 Å². The van der Waals surface area contributed by atoms with Gasteiger partial charge in [-0.25, -0.2) is 0 Å². The fraction of sp³-hybridized carbons (Fsp3) is 0.0833. The SMILES string of the molecule is C=C1/C=C\C=C/N(C2C=CC(c3ccccc3)=CC2)c2ccc(-c3ccc4c(c3)c3ccccc3n4-c3ccc(C4C=CC=CC4)cc3)cc21. The molecule has 6 aromatic rings. The van der Waals surface area contributed by atoms with Crippen LogP contribution >= 0.6 is 0 Å². The highest BCUT2D eigenvalue weighted by Gasteiger charge is 2.22. The standard InChI is InChI=1S/C48H38N2/c1-34-12-10-11-31-49(41-25-19-37(20-26-41)35-13-4-2-5-14-35)46-29-23-39(32-44(34)46)40-24-30-48-45(33-40)43-17-8-9-18-47(43)50(48)42-27-21-38(22-28-42)36-15-6-3-7-16-36/h2-15,17-25,27-33,36,41H,1,16,26H2/b12-10-,31-11-. The maximum atomic E-state index is 4.50. The van der Waals surface area contributed by atoms with Crippen LogP contribution < -0.4 is 4.90 Å². The van der Waals surface area contributed by atoms with Crippen LogP contribution in [0.25, 0.3) is 49.8 Å². The molecule has 5 aromatic carbocycles. The fourth-order valence-electron chi connectivity index (χ4n) is 7.76. The number of hydrogen-bond acceptors (Lipinski definition) is 1. The lowest BCUT2D eigenvalue weighted by molar-refractivity contribution is 0.780. The van der Waals surface area contributed by atoms with E-state index in [9.17, 15) is 0 Å². The van der Waals surface area contributed by atoms with E-state index in [0.29, 0.717) is 5.92 Å². The van der Waals surface area contributed by atoms with Gasteiger partial charge in [0.1, 0.15) is 0 Å². The van der Waals surface area contributed by atoms with Crippen LogP contribution in [-0.4, -0.2) is 10.6 Å². The molecule has 0 spiro atoms. The summed E-state index contributed by atoms with van der Waals surface area (Å²) in [6, 6.07) is 42.5. The highest BCUT2D eigenvalue weighted by atomic mass is 15.1. The van der Waals surface area contributed by atoms with Gasteiger partial charge in [-0.05, 0) is 94.8 Å². The zero-order valence-corrected chi connectivity index (χ0v) is 28.0. The second-order valence-electron chi connectivity index (χ2n) is 13.4. The summed E-state index contributed by atoms with van der Waals surface area (Å²) in [7, 11) is 0. The second kappa shape index (κ2) is 12.7. The molecule has 50 heavy (non-hydrogen) atoms. The first kappa shape index (κ1) is 30.0. The maximum absolute atomic E-state index is 4.50. The first-order chi connectivity index (χ1) is 24.7. The van der Waals surface area contributed by atoms with Gasteiger partial charge in [0.05, 0.1) is 17.1 Å². The van der Waals surface area contributed by atoms with Crippen molar-refractivity contribution in [2.75, 3.05) is 4.90 Å². The molecule has 0 saturated carbocycles. The van der Waals surface area contributed by atoms with Gasteiger partial charge < -0.3 is 9.47 Å². The van der Waals surface area contributed by atoms with Crippen LogP contribution in [0.5, 0.6) is 0 Å². The lowest BCUT2D eigenvalue weighted by atomic mass is 9.92. The van der Waals surface area contributed by atoms with E-state index in [0.717, 1.165) is 24.0 Å². The predicted molar refractivity (Wildman–Crippen MR) is 214 cm³/mol. The third-order valence-electron chi connectivity index (χ3n) is 10.4. The van der Waals surface area contributed by atoms with Crippen LogP contribution in [-0.2, 0) is 0 Å². The van der Waals surface area contributed by atoms with Gasteiger partial charge in [-0.3, -0.25) is 0 Å². The van der Waals surface area contributed by atoms with Crippen molar-refractivity contribution < 1.29 is 0 Å². The molecule has 0 bridgehead atoms. The van der Waals surface area contributed by atoms with Crippen LogP contribution in [0.2, 0.25) is 0 Å². The Morgan fingerprint density at radius 1 is 0.600 bits per heavy atom. The van der Waals surface area contributed by atoms with Crippen LogP contribution in [0.1, 0.15) is 35.4 Å². The Morgan fingerprint density at radius 3 is 2.22 bits per heavy atom. The Labute approximate surface area is 294 Å². The van der Waals surface area contributed by atoms with E-state index in [1.165, 1.54) is 61.0 Å². The highest BCUT2D eigenvalue weighted by molar-refractivity contribution is 6.10. The largest absolute Gasteiger partial charge is 0.340 e. The van der Waals surface area contributed by atoms with E-state index in [2.05, 4.69) is 198 Å². The summed E-state index contributed by atoms with van der Waals surface area (Å²) in [4.78, 5) is 2.39. The van der Waals surface area contributed by atoms with Gasteiger partial charge in [0.25, 0.3) is 0 Å². The molecular weight excluding hydrogens is 605 g/mol. The normalized spacial score (nSPS) is 19.6. The average molecular weight is 643 g/mol. The van der Waals surface area contributed by atoms with Gasteiger partial charge in [0.2, 0.25) is 0 Å². The Bertz CT molecular complexity index is 2440.